The van der Waals surface area contributed by atoms with Gasteiger partial charge in [-0.15, -0.1) is 0 Å². The summed E-state index contributed by atoms with van der Waals surface area (Å²) < 4.78 is 15.6. The quantitative estimate of drug-likeness (QED) is 0.581. The van der Waals surface area contributed by atoms with E-state index in [0.717, 1.165) is 13.0 Å². The molecule has 0 heterocycles. The van der Waals surface area contributed by atoms with Gasteiger partial charge < -0.3 is 5.32 Å². The topological polar surface area (TPSA) is 15.0 Å². The van der Waals surface area contributed by atoms with E-state index in [1.54, 1.807) is 19.2 Å². The van der Waals surface area contributed by atoms with Gasteiger partial charge in [-0.1, -0.05) is 13.0 Å². The molecule has 1 N–H and O–H groups in total. The van der Waals surface area contributed by atoms with Gasteiger partial charge in [-0.05, 0) is 12.1 Å². The van der Waals surface area contributed by atoms with Crippen LogP contribution in [0.4, 0.5) is 10.1 Å². The number of hydrogen-bond acceptors (Lipinski definition) is 1. The summed E-state index contributed by atoms with van der Waals surface area (Å²) in [5, 5.41) is 2.83. The molecule has 0 atom stereocenters. The monoisotopic (exact) mass is 209 g/mol. The Labute approximate surface area is 90.4 Å². The van der Waals surface area contributed by atoms with Crippen LogP contribution in [-0.4, -0.2) is 24.9 Å². The molecule has 15 heavy (non-hydrogen) atoms. The van der Waals surface area contributed by atoms with Gasteiger partial charge in [-0.25, -0.2) is 8.97 Å². The minimum absolute atomic E-state index is 0.176. The van der Waals surface area contributed by atoms with Crippen molar-refractivity contribution >= 4 is 12.4 Å². The van der Waals surface area contributed by atoms with Gasteiger partial charge >= 0.3 is 0 Å². The van der Waals surface area contributed by atoms with Gasteiger partial charge in [0.25, 0.3) is 0 Å². The van der Waals surface area contributed by atoms with E-state index in [4.69, 9.17) is 0 Å². The van der Waals surface area contributed by atoms with Crippen molar-refractivity contribution in [3.63, 3.8) is 0 Å². The summed E-state index contributed by atoms with van der Waals surface area (Å²) in [7, 11) is 1.72. The van der Waals surface area contributed by atoms with Crippen LogP contribution in [0.1, 0.15) is 18.9 Å². The maximum absolute atomic E-state index is 13.8. The highest BCUT2D eigenvalue weighted by Gasteiger charge is 2.10. The zero-order valence-corrected chi connectivity index (χ0v) is 9.39. The minimum atomic E-state index is -0.176. The van der Waals surface area contributed by atoms with Crippen molar-refractivity contribution in [3.8, 4) is 0 Å². The van der Waals surface area contributed by atoms with Crippen LogP contribution in [0.25, 0.3) is 0 Å². The van der Waals surface area contributed by atoms with E-state index in [2.05, 4.69) is 19.0 Å². The van der Waals surface area contributed by atoms with Crippen molar-refractivity contribution < 1.29 is 8.97 Å². The van der Waals surface area contributed by atoms with E-state index in [-0.39, 0.29) is 5.82 Å². The molecule has 0 unspecified atom stereocenters. The van der Waals surface area contributed by atoms with E-state index >= 15 is 0 Å². The lowest BCUT2D eigenvalue weighted by Gasteiger charge is -2.06. The highest BCUT2D eigenvalue weighted by molar-refractivity contribution is 5.46. The van der Waals surface area contributed by atoms with E-state index in [0.29, 0.717) is 17.8 Å². The van der Waals surface area contributed by atoms with Crippen molar-refractivity contribution in [1.29, 1.82) is 0 Å². The Hall–Kier alpha value is -1.38. The smallest absolute Gasteiger partial charge is 0.170 e. The molecule has 1 aromatic carbocycles. The lowest BCUT2D eigenvalue weighted by molar-refractivity contribution is -0.535. The van der Waals surface area contributed by atoms with Crippen molar-refractivity contribution in [3.05, 3.63) is 29.6 Å². The second-order valence-electron chi connectivity index (χ2n) is 3.58. The van der Waals surface area contributed by atoms with E-state index in [9.17, 15) is 4.39 Å². The fraction of sp³-hybridized carbons (Fsp3) is 0.417. The van der Waals surface area contributed by atoms with Gasteiger partial charge in [-0.2, -0.15) is 0 Å². The molecular weight excluding hydrogens is 191 g/mol. The first-order valence-corrected chi connectivity index (χ1v) is 5.19. The number of nitrogens with one attached hydrogen (secondary N) is 1. The van der Waals surface area contributed by atoms with Gasteiger partial charge in [0, 0.05) is 13.5 Å². The molecule has 0 saturated heterocycles. The lowest BCUT2D eigenvalue weighted by atomic mass is 10.1. The molecule has 0 aromatic heterocycles. The van der Waals surface area contributed by atoms with Crippen LogP contribution in [0.15, 0.2) is 18.2 Å². The minimum Gasteiger partial charge on any atom is -0.386 e. The summed E-state index contributed by atoms with van der Waals surface area (Å²) in [6, 6.07) is 5.38. The van der Waals surface area contributed by atoms with Crippen molar-refractivity contribution in [1.82, 2.24) is 0 Å². The third kappa shape index (κ3) is 3.05. The molecule has 3 heteroatoms. The molecule has 0 radical (unpaired) electrons. The normalized spacial score (nSPS) is 10.1. The van der Waals surface area contributed by atoms with Crippen LogP contribution in [0.3, 0.4) is 0 Å². The number of halogens is 1. The highest BCUT2D eigenvalue weighted by atomic mass is 19.1. The summed E-state index contributed by atoms with van der Waals surface area (Å²) in [5.74, 6) is -0.176. The molecule has 0 spiro atoms. The van der Waals surface area contributed by atoms with Crippen LogP contribution in [-0.2, 0) is 6.54 Å². The number of nitrogens with zero attached hydrogens (tertiary/aromatic N) is 1. The van der Waals surface area contributed by atoms with Crippen LogP contribution >= 0.6 is 0 Å². The second-order valence-corrected chi connectivity index (χ2v) is 3.58. The van der Waals surface area contributed by atoms with Crippen molar-refractivity contribution in [2.45, 2.75) is 19.9 Å². The van der Waals surface area contributed by atoms with Crippen LogP contribution in [0.5, 0.6) is 0 Å². The Kier molecular flexibility index (Phi) is 4.28. The van der Waals surface area contributed by atoms with Gasteiger partial charge in [0.05, 0.1) is 11.3 Å². The maximum atomic E-state index is 13.8. The number of anilines is 1. The Morgan fingerprint density at radius 1 is 1.47 bits per heavy atom. The first-order chi connectivity index (χ1) is 7.19. The summed E-state index contributed by atoms with van der Waals surface area (Å²) in [4.78, 5) is 0. The molecule has 0 aliphatic rings. The number of hydrogen-bond donors (Lipinski definition) is 1. The molecule has 2 nitrogen and oxygen atoms in total. The Balaban J connectivity index is 2.81. The Morgan fingerprint density at radius 2 is 2.20 bits per heavy atom. The zero-order chi connectivity index (χ0) is 11.3. The average Bonchev–Trinajstić information content (AvgIpc) is 2.21. The molecule has 0 fully saturated rings. The van der Waals surface area contributed by atoms with Crippen LogP contribution < -0.4 is 5.32 Å². The predicted octanol–water partition coefficient (Wildman–Crippen LogP) is 2.49. The fourth-order valence-corrected chi connectivity index (χ4v) is 1.53. The summed E-state index contributed by atoms with van der Waals surface area (Å²) in [6.45, 7) is 7.38. The molecule has 0 aliphatic carbocycles. The lowest BCUT2D eigenvalue weighted by Crippen LogP contribution is -2.11. The standard InChI is InChI=1S/C12H18FN2/c1-4-8-15(3)9-10-6-5-7-11(14-2)12(10)13/h5-7,14H,3-4,8-9H2,1-2H3/q+1. The largest absolute Gasteiger partial charge is 0.386 e. The van der Waals surface area contributed by atoms with Gasteiger partial charge in [0.1, 0.15) is 13.3 Å². The fourth-order valence-electron chi connectivity index (χ4n) is 1.53. The van der Waals surface area contributed by atoms with Gasteiger partial charge in [0.2, 0.25) is 0 Å². The summed E-state index contributed by atoms with van der Waals surface area (Å²) >= 11 is 0. The second kappa shape index (κ2) is 5.49. The highest BCUT2D eigenvalue weighted by Crippen LogP contribution is 2.17. The Morgan fingerprint density at radius 3 is 2.80 bits per heavy atom. The molecule has 0 saturated carbocycles. The molecule has 0 amide bonds. The SMILES string of the molecule is C=[N+](CCC)Cc1cccc(NC)c1F. The zero-order valence-electron chi connectivity index (χ0n) is 9.39. The average molecular weight is 209 g/mol. The molecule has 0 aliphatic heterocycles. The van der Waals surface area contributed by atoms with Crippen molar-refractivity contribution in [2.24, 2.45) is 0 Å². The van der Waals surface area contributed by atoms with Crippen LogP contribution in [0, 0.1) is 5.82 Å². The maximum Gasteiger partial charge on any atom is 0.170 e. The third-order valence-corrected chi connectivity index (χ3v) is 2.28. The molecule has 1 aromatic rings. The molecular formula is C12H18FN2+. The first-order valence-electron chi connectivity index (χ1n) is 5.19. The number of rotatable bonds is 5. The first kappa shape index (κ1) is 11.7. The third-order valence-electron chi connectivity index (χ3n) is 2.28. The van der Waals surface area contributed by atoms with Gasteiger partial charge in [-0.3, -0.25) is 0 Å². The van der Waals surface area contributed by atoms with E-state index < -0.39 is 0 Å². The summed E-state index contributed by atoms with van der Waals surface area (Å²) in [6.07, 6.45) is 1.02. The number of benzene rings is 1. The summed E-state index contributed by atoms with van der Waals surface area (Å²) in [5.41, 5.74) is 1.22. The van der Waals surface area contributed by atoms with Gasteiger partial charge in [0.15, 0.2) is 12.4 Å². The van der Waals surface area contributed by atoms with Crippen LogP contribution in [0.2, 0.25) is 0 Å². The molecule has 0 bridgehead atoms. The van der Waals surface area contributed by atoms with E-state index in [1.165, 1.54) is 0 Å². The molecule has 1 rings (SSSR count). The van der Waals surface area contributed by atoms with E-state index in [1.807, 2.05) is 10.6 Å². The molecule has 82 valence electrons. The van der Waals surface area contributed by atoms with Crippen molar-refractivity contribution in [2.75, 3.05) is 18.9 Å². The predicted molar refractivity (Wildman–Crippen MR) is 62.2 cm³/mol. The Bertz CT molecular complexity index is 347.